The number of nitrogens with zero attached hydrogens (tertiary/aromatic N) is 4. The molecule has 1 N–H and O–H groups in total. The third-order valence-corrected chi connectivity index (χ3v) is 4.32. The molecule has 5 rings (SSSR count). The van der Waals surface area contributed by atoms with Crippen molar-refractivity contribution in [3.8, 4) is 34.2 Å². The van der Waals surface area contributed by atoms with Gasteiger partial charge in [-0.2, -0.15) is 10.1 Å². The summed E-state index contributed by atoms with van der Waals surface area (Å²) in [4.78, 5) is 9.18. The second-order valence-electron chi connectivity index (χ2n) is 6.15. The largest absolute Gasteiger partial charge is 0.334 e. The van der Waals surface area contributed by atoms with E-state index >= 15 is 0 Å². The maximum atomic E-state index is 5.51. The maximum Gasteiger partial charge on any atom is 0.258 e. The molecule has 0 aliphatic heterocycles. The van der Waals surface area contributed by atoms with E-state index in [2.05, 4.69) is 25.3 Å². The molecule has 4 aromatic rings. The average molecular weight is 329 g/mol. The number of benzene rings is 2. The first-order valence-corrected chi connectivity index (χ1v) is 8.30. The Kier molecular flexibility index (Phi) is 3.19. The Morgan fingerprint density at radius 2 is 1.60 bits per heavy atom. The minimum atomic E-state index is 0.465. The molecule has 1 aliphatic rings. The zero-order chi connectivity index (χ0) is 16.6. The topological polar surface area (TPSA) is 80.5 Å². The highest BCUT2D eigenvalue weighted by atomic mass is 16.5. The van der Waals surface area contributed by atoms with Crippen LogP contribution in [-0.2, 0) is 0 Å². The van der Waals surface area contributed by atoms with E-state index in [1.165, 1.54) is 12.8 Å². The standard InChI is InChI=1S/C19H15N5O/c1-2-6-12(7-3-1)17-21-19(25-24-17)15-9-5-4-8-14(15)18-20-16(22-23-18)13-10-11-13/h1-9,13H,10-11H2,(H,20,22,23). The van der Waals surface area contributed by atoms with Crippen LogP contribution < -0.4 is 0 Å². The predicted octanol–water partition coefficient (Wildman–Crippen LogP) is 4.07. The van der Waals surface area contributed by atoms with E-state index in [0.29, 0.717) is 23.5 Å². The summed E-state index contributed by atoms with van der Waals surface area (Å²) in [6, 6.07) is 17.6. The first-order chi connectivity index (χ1) is 12.4. The fourth-order valence-electron chi connectivity index (χ4n) is 2.84. The van der Waals surface area contributed by atoms with Gasteiger partial charge in [-0.1, -0.05) is 53.7 Å². The van der Waals surface area contributed by atoms with Crippen molar-refractivity contribution in [2.75, 3.05) is 0 Å². The predicted molar refractivity (Wildman–Crippen MR) is 92.5 cm³/mol. The highest BCUT2D eigenvalue weighted by molar-refractivity contribution is 5.76. The van der Waals surface area contributed by atoms with Crippen LogP contribution in [0.15, 0.2) is 59.1 Å². The number of hydrogen-bond donors (Lipinski definition) is 1. The normalized spacial score (nSPS) is 13.9. The molecule has 0 saturated heterocycles. The van der Waals surface area contributed by atoms with Gasteiger partial charge in [-0.15, -0.1) is 0 Å². The summed E-state index contributed by atoms with van der Waals surface area (Å²) in [6.07, 6.45) is 2.36. The van der Waals surface area contributed by atoms with Gasteiger partial charge in [0.1, 0.15) is 5.82 Å². The summed E-state index contributed by atoms with van der Waals surface area (Å²) < 4.78 is 5.51. The van der Waals surface area contributed by atoms with Crippen LogP contribution in [0, 0.1) is 0 Å². The van der Waals surface area contributed by atoms with Crippen LogP contribution in [-0.4, -0.2) is 25.3 Å². The van der Waals surface area contributed by atoms with Gasteiger partial charge < -0.3 is 4.52 Å². The number of nitrogens with one attached hydrogen (secondary N) is 1. The number of aromatic nitrogens is 5. The summed E-state index contributed by atoms with van der Waals surface area (Å²) in [5.74, 6) is 3.19. The fraction of sp³-hybridized carbons (Fsp3) is 0.158. The monoisotopic (exact) mass is 329 g/mol. The number of H-pyrrole nitrogens is 1. The molecule has 6 nitrogen and oxygen atoms in total. The van der Waals surface area contributed by atoms with Crippen molar-refractivity contribution in [2.45, 2.75) is 18.8 Å². The van der Waals surface area contributed by atoms with Crippen LogP contribution in [0.5, 0.6) is 0 Å². The van der Waals surface area contributed by atoms with Crippen LogP contribution in [0.4, 0.5) is 0 Å². The van der Waals surface area contributed by atoms with Gasteiger partial charge in [0.05, 0.1) is 5.56 Å². The molecule has 0 atom stereocenters. The Bertz CT molecular complexity index is 1020. The molecule has 1 aliphatic carbocycles. The van der Waals surface area contributed by atoms with Crippen molar-refractivity contribution in [1.29, 1.82) is 0 Å². The van der Waals surface area contributed by atoms with E-state index in [1.54, 1.807) is 0 Å². The summed E-state index contributed by atoms with van der Waals surface area (Å²) in [5.41, 5.74) is 2.64. The van der Waals surface area contributed by atoms with Gasteiger partial charge in [0.15, 0.2) is 5.82 Å². The Labute approximate surface area is 143 Å². The highest BCUT2D eigenvalue weighted by Crippen LogP contribution is 2.39. The highest BCUT2D eigenvalue weighted by Gasteiger charge is 2.28. The van der Waals surface area contributed by atoms with Crippen molar-refractivity contribution < 1.29 is 4.52 Å². The van der Waals surface area contributed by atoms with Gasteiger partial charge in [-0.05, 0) is 18.9 Å². The number of rotatable bonds is 4. The van der Waals surface area contributed by atoms with Crippen LogP contribution in [0.3, 0.4) is 0 Å². The maximum absolute atomic E-state index is 5.51. The lowest BCUT2D eigenvalue weighted by Gasteiger charge is -2.01. The molecule has 1 saturated carbocycles. The molecule has 0 amide bonds. The van der Waals surface area contributed by atoms with Crippen molar-refractivity contribution in [2.24, 2.45) is 0 Å². The van der Waals surface area contributed by atoms with E-state index in [-0.39, 0.29) is 0 Å². The zero-order valence-electron chi connectivity index (χ0n) is 13.4. The Hall–Kier alpha value is -3.28. The van der Waals surface area contributed by atoms with Crippen molar-refractivity contribution >= 4 is 0 Å². The lowest BCUT2D eigenvalue weighted by molar-refractivity contribution is 0.432. The lowest BCUT2D eigenvalue weighted by atomic mass is 10.1. The van der Waals surface area contributed by atoms with Gasteiger partial charge >= 0.3 is 0 Å². The van der Waals surface area contributed by atoms with E-state index in [0.717, 1.165) is 22.5 Å². The molecule has 2 aromatic carbocycles. The van der Waals surface area contributed by atoms with Gasteiger partial charge in [0.25, 0.3) is 5.89 Å². The third kappa shape index (κ3) is 2.61. The van der Waals surface area contributed by atoms with Gasteiger partial charge in [0, 0.05) is 17.0 Å². The second-order valence-corrected chi connectivity index (χ2v) is 6.15. The Balaban J connectivity index is 1.55. The molecule has 25 heavy (non-hydrogen) atoms. The van der Waals surface area contributed by atoms with E-state index < -0.39 is 0 Å². The Morgan fingerprint density at radius 3 is 2.40 bits per heavy atom. The van der Waals surface area contributed by atoms with E-state index in [1.807, 2.05) is 54.6 Å². The number of aromatic amines is 1. The van der Waals surface area contributed by atoms with Crippen LogP contribution in [0.1, 0.15) is 24.6 Å². The quantitative estimate of drug-likeness (QED) is 0.610. The molecule has 0 unspecified atom stereocenters. The fourth-order valence-corrected chi connectivity index (χ4v) is 2.84. The van der Waals surface area contributed by atoms with Crippen molar-refractivity contribution in [1.82, 2.24) is 25.3 Å². The average Bonchev–Trinajstić information content (AvgIpc) is 3.21. The van der Waals surface area contributed by atoms with Gasteiger partial charge in [0.2, 0.25) is 5.82 Å². The lowest BCUT2D eigenvalue weighted by Crippen LogP contribution is -1.88. The Morgan fingerprint density at radius 1 is 0.840 bits per heavy atom. The summed E-state index contributed by atoms with van der Waals surface area (Å²) in [5, 5.41) is 11.5. The third-order valence-electron chi connectivity index (χ3n) is 4.32. The molecule has 122 valence electrons. The molecular weight excluding hydrogens is 314 g/mol. The van der Waals surface area contributed by atoms with E-state index in [4.69, 9.17) is 4.52 Å². The molecular formula is C19H15N5O. The van der Waals surface area contributed by atoms with E-state index in [9.17, 15) is 0 Å². The van der Waals surface area contributed by atoms with Crippen molar-refractivity contribution in [3.05, 3.63) is 60.4 Å². The summed E-state index contributed by atoms with van der Waals surface area (Å²) >= 11 is 0. The smallest absolute Gasteiger partial charge is 0.258 e. The molecule has 6 heteroatoms. The molecule has 2 heterocycles. The summed E-state index contributed by atoms with van der Waals surface area (Å²) in [7, 11) is 0. The van der Waals surface area contributed by atoms with Gasteiger partial charge in [-0.3, -0.25) is 5.10 Å². The van der Waals surface area contributed by atoms with Gasteiger partial charge in [-0.25, -0.2) is 4.98 Å². The first kappa shape index (κ1) is 14.1. The van der Waals surface area contributed by atoms with Crippen LogP contribution in [0.2, 0.25) is 0 Å². The van der Waals surface area contributed by atoms with Crippen LogP contribution in [0.25, 0.3) is 34.2 Å². The minimum Gasteiger partial charge on any atom is -0.334 e. The summed E-state index contributed by atoms with van der Waals surface area (Å²) in [6.45, 7) is 0. The minimum absolute atomic E-state index is 0.465. The van der Waals surface area contributed by atoms with Crippen LogP contribution >= 0.6 is 0 Å². The molecule has 1 fully saturated rings. The molecule has 0 radical (unpaired) electrons. The molecule has 0 spiro atoms. The number of hydrogen-bond acceptors (Lipinski definition) is 5. The zero-order valence-corrected chi connectivity index (χ0v) is 13.4. The SMILES string of the molecule is c1ccc(-c2noc(-c3ccccc3-c3n[nH]c(C4CC4)n3)n2)cc1. The second kappa shape index (κ2) is 5.66. The first-order valence-electron chi connectivity index (χ1n) is 8.30. The molecule has 2 aromatic heterocycles. The molecule has 0 bridgehead atoms. The van der Waals surface area contributed by atoms with Crippen molar-refractivity contribution in [3.63, 3.8) is 0 Å².